The van der Waals surface area contributed by atoms with Crippen LogP contribution in [0.1, 0.15) is 43.2 Å². The third-order valence-electron chi connectivity index (χ3n) is 6.27. The SMILES string of the molecule is Cc1cccc(-n2nc(C(C)(C)C)cc2NC(=O)CN(Cc2ccccc2)C(=O)Nc2cccc(C(F)(F)F)c2)c1. The van der Waals surface area contributed by atoms with Crippen molar-refractivity contribution in [3.8, 4) is 5.69 Å². The Morgan fingerprint density at radius 3 is 2.24 bits per heavy atom. The summed E-state index contributed by atoms with van der Waals surface area (Å²) in [6, 6.07) is 22.1. The van der Waals surface area contributed by atoms with E-state index < -0.39 is 23.7 Å². The maximum atomic E-state index is 13.3. The number of carbonyl (C=O) groups excluding carboxylic acids is 2. The van der Waals surface area contributed by atoms with Gasteiger partial charge in [0.25, 0.3) is 0 Å². The molecule has 2 N–H and O–H groups in total. The van der Waals surface area contributed by atoms with Crippen LogP contribution in [0.15, 0.2) is 84.9 Å². The molecule has 0 saturated heterocycles. The Morgan fingerprint density at radius 2 is 1.59 bits per heavy atom. The van der Waals surface area contributed by atoms with E-state index in [-0.39, 0.29) is 24.2 Å². The van der Waals surface area contributed by atoms with E-state index in [1.165, 1.54) is 17.0 Å². The Kier molecular flexibility index (Phi) is 8.51. The molecular formula is C31H32F3N5O2. The van der Waals surface area contributed by atoms with Crippen molar-refractivity contribution in [2.45, 2.75) is 45.8 Å². The van der Waals surface area contributed by atoms with Gasteiger partial charge in [0, 0.05) is 23.7 Å². The fraction of sp³-hybridized carbons (Fsp3) is 0.258. The van der Waals surface area contributed by atoms with Crippen molar-refractivity contribution in [2.24, 2.45) is 0 Å². The number of rotatable bonds is 7. The number of alkyl halides is 3. The summed E-state index contributed by atoms with van der Waals surface area (Å²) in [5.41, 5.74) is 2.08. The maximum absolute atomic E-state index is 13.3. The average Bonchev–Trinajstić information content (AvgIpc) is 3.33. The number of aryl methyl sites for hydroxylation is 1. The molecule has 0 aliphatic heterocycles. The van der Waals surface area contributed by atoms with E-state index in [1.807, 2.05) is 58.0 Å². The van der Waals surface area contributed by atoms with Crippen LogP contribution >= 0.6 is 0 Å². The van der Waals surface area contributed by atoms with Crippen LogP contribution in [0.2, 0.25) is 0 Å². The highest BCUT2D eigenvalue weighted by Gasteiger charge is 2.31. The van der Waals surface area contributed by atoms with E-state index in [2.05, 4.69) is 10.6 Å². The molecule has 1 heterocycles. The van der Waals surface area contributed by atoms with Crippen molar-refractivity contribution in [1.82, 2.24) is 14.7 Å². The average molecular weight is 564 g/mol. The maximum Gasteiger partial charge on any atom is 0.416 e. The Labute approximate surface area is 237 Å². The highest BCUT2D eigenvalue weighted by molar-refractivity contribution is 5.96. The van der Waals surface area contributed by atoms with Crippen LogP contribution in [-0.2, 0) is 22.9 Å². The minimum absolute atomic E-state index is 0.0318. The van der Waals surface area contributed by atoms with Gasteiger partial charge in [-0.3, -0.25) is 4.79 Å². The second kappa shape index (κ2) is 11.9. The largest absolute Gasteiger partial charge is 0.416 e. The number of hydrogen-bond donors (Lipinski definition) is 2. The van der Waals surface area contributed by atoms with Crippen LogP contribution in [0.3, 0.4) is 0 Å². The molecule has 1 aromatic heterocycles. The van der Waals surface area contributed by atoms with Gasteiger partial charge in [-0.25, -0.2) is 9.48 Å². The first-order valence-electron chi connectivity index (χ1n) is 13.0. The summed E-state index contributed by atoms with van der Waals surface area (Å²) in [7, 11) is 0. The Hall–Kier alpha value is -4.60. The highest BCUT2D eigenvalue weighted by atomic mass is 19.4. The number of amides is 3. The number of hydrogen-bond acceptors (Lipinski definition) is 3. The van der Waals surface area contributed by atoms with Gasteiger partial charge in [0.15, 0.2) is 0 Å². The van der Waals surface area contributed by atoms with Crippen molar-refractivity contribution in [1.29, 1.82) is 0 Å². The summed E-state index contributed by atoms with van der Waals surface area (Å²) in [4.78, 5) is 27.8. The zero-order valence-corrected chi connectivity index (χ0v) is 23.3. The van der Waals surface area contributed by atoms with E-state index in [9.17, 15) is 22.8 Å². The van der Waals surface area contributed by atoms with Gasteiger partial charge in [-0.05, 0) is 48.4 Å². The lowest BCUT2D eigenvalue weighted by atomic mass is 9.92. The first-order valence-corrected chi connectivity index (χ1v) is 13.0. The van der Waals surface area contributed by atoms with E-state index in [0.29, 0.717) is 5.82 Å². The summed E-state index contributed by atoms with van der Waals surface area (Å²) in [6.07, 6.45) is -4.56. The predicted molar refractivity (Wildman–Crippen MR) is 153 cm³/mol. The third-order valence-corrected chi connectivity index (χ3v) is 6.27. The van der Waals surface area contributed by atoms with E-state index in [0.717, 1.165) is 34.6 Å². The summed E-state index contributed by atoms with van der Waals surface area (Å²) in [5.74, 6) is -0.0575. The molecule has 0 unspecified atom stereocenters. The molecular weight excluding hydrogens is 531 g/mol. The molecule has 0 bridgehead atoms. The molecule has 4 rings (SSSR count). The smallest absolute Gasteiger partial charge is 0.311 e. The lowest BCUT2D eigenvalue weighted by Crippen LogP contribution is -2.40. The second-order valence-electron chi connectivity index (χ2n) is 10.8. The molecule has 4 aromatic rings. The van der Waals surface area contributed by atoms with Crippen LogP contribution in [0.25, 0.3) is 5.69 Å². The Balaban J connectivity index is 1.59. The van der Waals surface area contributed by atoms with Gasteiger partial charge in [0.05, 0.1) is 16.9 Å². The minimum Gasteiger partial charge on any atom is -0.311 e. The topological polar surface area (TPSA) is 79.3 Å². The molecule has 0 aliphatic rings. The van der Waals surface area contributed by atoms with Crippen LogP contribution < -0.4 is 10.6 Å². The molecule has 0 spiro atoms. The quantitative estimate of drug-likeness (QED) is 0.250. The van der Waals surface area contributed by atoms with Gasteiger partial charge >= 0.3 is 12.2 Å². The van der Waals surface area contributed by atoms with Gasteiger partial charge < -0.3 is 15.5 Å². The van der Waals surface area contributed by atoms with Crippen LogP contribution in [0, 0.1) is 6.92 Å². The predicted octanol–water partition coefficient (Wildman–Crippen LogP) is 7.17. The molecule has 0 saturated carbocycles. The lowest BCUT2D eigenvalue weighted by Gasteiger charge is -2.23. The molecule has 3 aromatic carbocycles. The van der Waals surface area contributed by atoms with Gasteiger partial charge in [-0.15, -0.1) is 0 Å². The molecule has 3 amide bonds. The number of halogens is 3. The van der Waals surface area contributed by atoms with Crippen molar-refractivity contribution < 1.29 is 22.8 Å². The fourth-order valence-corrected chi connectivity index (χ4v) is 4.13. The number of anilines is 2. The molecule has 41 heavy (non-hydrogen) atoms. The Morgan fingerprint density at radius 1 is 0.878 bits per heavy atom. The van der Waals surface area contributed by atoms with Gasteiger partial charge in [-0.2, -0.15) is 18.3 Å². The van der Waals surface area contributed by atoms with Crippen LogP contribution in [0.4, 0.5) is 29.5 Å². The van der Waals surface area contributed by atoms with Crippen molar-refractivity contribution in [2.75, 3.05) is 17.2 Å². The number of carbonyl (C=O) groups is 2. The summed E-state index contributed by atoms with van der Waals surface area (Å²) in [5, 5.41) is 10.1. The minimum atomic E-state index is -4.56. The molecule has 7 nitrogen and oxygen atoms in total. The third kappa shape index (κ3) is 7.75. The Bertz CT molecular complexity index is 1520. The molecule has 214 valence electrons. The molecule has 0 radical (unpaired) electrons. The number of nitrogens with zero attached hydrogens (tertiary/aromatic N) is 3. The highest BCUT2D eigenvalue weighted by Crippen LogP contribution is 2.31. The normalized spacial score (nSPS) is 11.7. The molecule has 0 atom stereocenters. The van der Waals surface area contributed by atoms with Crippen molar-refractivity contribution in [3.63, 3.8) is 0 Å². The van der Waals surface area contributed by atoms with Gasteiger partial charge in [0.1, 0.15) is 12.4 Å². The zero-order valence-electron chi connectivity index (χ0n) is 23.3. The lowest BCUT2D eigenvalue weighted by molar-refractivity contribution is -0.137. The van der Waals surface area contributed by atoms with Gasteiger partial charge in [-0.1, -0.05) is 69.3 Å². The van der Waals surface area contributed by atoms with Gasteiger partial charge in [0.2, 0.25) is 5.91 Å². The summed E-state index contributed by atoms with van der Waals surface area (Å²) < 4.78 is 41.2. The summed E-state index contributed by atoms with van der Waals surface area (Å²) >= 11 is 0. The van der Waals surface area contributed by atoms with Crippen LogP contribution in [-0.4, -0.2) is 33.2 Å². The molecule has 0 fully saturated rings. The second-order valence-corrected chi connectivity index (χ2v) is 10.8. The fourth-order valence-electron chi connectivity index (χ4n) is 4.13. The number of benzene rings is 3. The van der Waals surface area contributed by atoms with E-state index in [1.54, 1.807) is 35.0 Å². The number of urea groups is 1. The van der Waals surface area contributed by atoms with Crippen molar-refractivity contribution in [3.05, 3.63) is 107 Å². The monoisotopic (exact) mass is 563 g/mol. The standard InChI is InChI=1S/C31H32F3N5O2/c1-21-10-8-15-25(16-21)39-27(18-26(37-39)30(2,3)4)36-28(40)20-38(19-22-11-6-5-7-12-22)29(41)35-24-14-9-13-23(17-24)31(32,33)34/h5-18H,19-20H2,1-4H3,(H,35,41)(H,36,40). The van der Waals surface area contributed by atoms with E-state index >= 15 is 0 Å². The van der Waals surface area contributed by atoms with Crippen LogP contribution in [0.5, 0.6) is 0 Å². The number of nitrogens with one attached hydrogen (secondary N) is 2. The first kappa shape index (κ1) is 29.4. The molecule has 10 heteroatoms. The number of aromatic nitrogens is 2. The van der Waals surface area contributed by atoms with E-state index in [4.69, 9.17) is 5.10 Å². The molecule has 0 aliphatic carbocycles. The zero-order chi connectivity index (χ0) is 29.8. The first-order chi connectivity index (χ1) is 19.3. The summed E-state index contributed by atoms with van der Waals surface area (Å²) in [6.45, 7) is 7.71. The van der Waals surface area contributed by atoms with Crippen molar-refractivity contribution >= 4 is 23.4 Å².